The van der Waals surface area contributed by atoms with Crippen LogP contribution in [0.1, 0.15) is 34.5 Å². The molecule has 5 heteroatoms. The monoisotopic (exact) mass is 279 g/mol. The average Bonchev–Trinajstić information content (AvgIpc) is 2.83. The van der Waals surface area contributed by atoms with Crippen LogP contribution in [0.15, 0.2) is 36.5 Å². The van der Waals surface area contributed by atoms with Gasteiger partial charge in [0.25, 0.3) is 0 Å². The molecule has 0 saturated heterocycles. The molecule has 1 aliphatic carbocycles. The van der Waals surface area contributed by atoms with Gasteiger partial charge < -0.3 is 4.57 Å². The van der Waals surface area contributed by atoms with Crippen LogP contribution >= 0.6 is 0 Å². The highest BCUT2D eigenvalue weighted by molar-refractivity contribution is 5.98. The predicted octanol–water partition coefficient (Wildman–Crippen LogP) is 4.02. The zero-order valence-corrected chi connectivity index (χ0v) is 10.6. The van der Waals surface area contributed by atoms with Crippen molar-refractivity contribution in [3.63, 3.8) is 0 Å². The first kappa shape index (κ1) is 13.0. The first-order valence-electron chi connectivity index (χ1n) is 6.38. The Morgan fingerprint density at radius 2 is 1.90 bits per heavy atom. The van der Waals surface area contributed by atoms with Crippen molar-refractivity contribution in [3.05, 3.63) is 53.3 Å². The van der Waals surface area contributed by atoms with Gasteiger partial charge >= 0.3 is 6.18 Å². The molecule has 1 aliphatic rings. The molecule has 0 amide bonds. The molecular formula is C15H12F3NO. The van der Waals surface area contributed by atoms with Crippen molar-refractivity contribution in [2.24, 2.45) is 0 Å². The van der Waals surface area contributed by atoms with E-state index < -0.39 is 11.7 Å². The molecular weight excluding hydrogens is 267 g/mol. The zero-order valence-electron chi connectivity index (χ0n) is 10.6. The number of nitrogens with zero attached hydrogens (tertiary/aromatic N) is 1. The number of carbonyl (C=O) groups is 1. The summed E-state index contributed by atoms with van der Waals surface area (Å²) < 4.78 is 39.9. The number of ketones is 1. The number of aromatic nitrogens is 1. The minimum atomic E-state index is -4.36. The standard InChI is InChI=1S/C15H12F3NO/c16-15(17,18)10-3-1-4-11(9-10)19-8-7-12-13(19)5-2-6-14(12)20/h1,3-4,7-9H,2,5-6H2. The van der Waals surface area contributed by atoms with Crippen LogP contribution in [0.4, 0.5) is 13.2 Å². The van der Waals surface area contributed by atoms with E-state index in [1.165, 1.54) is 6.07 Å². The fourth-order valence-corrected chi connectivity index (χ4v) is 2.60. The molecule has 0 fully saturated rings. The minimum Gasteiger partial charge on any atom is -0.320 e. The van der Waals surface area contributed by atoms with Crippen LogP contribution in [-0.4, -0.2) is 10.4 Å². The Bertz CT molecular complexity index is 670. The van der Waals surface area contributed by atoms with Gasteiger partial charge in [0, 0.05) is 29.6 Å². The second-order valence-corrected chi connectivity index (χ2v) is 4.87. The molecule has 20 heavy (non-hydrogen) atoms. The predicted molar refractivity (Wildman–Crippen MR) is 68.0 cm³/mol. The van der Waals surface area contributed by atoms with Crippen LogP contribution in [0.2, 0.25) is 0 Å². The van der Waals surface area contributed by atoms with Crippen LogP contribution < -0.4 is 0 Å². The van der Waals surface area contributed by atoms with Crippen molar-refractivity contribution in [2.45, 2.75) is 25.4 Å². The lowest BCUT2D eigenvalue weighted by molar-refractivity contribution is -0.137. The zero-order chi connectivity index (χ0) is 14.3. The quantitative estimate of drug-likeness (QED) is 0.773. The Kier molecular flexibility index (Phi) is 2.92. The minimum absolute atomic E-state index is 0.0666. The second kappa shape index (κ2) is 4.51. The van der Waals surface area contributed by atoms with Crippen molar-refractivity contribution < 1.29 is 18.0 Å². The first-order chi connectivity index (χ1) is 9.47. The molecule has 0 unspecified atom stereocenters. The van der Waals surface area contributed by atoms with E-state index in [-0.39, 0.29) is 5.78 Å². The van der Waals surface area contributed by atoms with Crippen LogP contribution in [0, 0.1) is 0 Å². The maximum Gasteiger partial charge on any atom is 0.416 e. The summed E-state index contributed by atoms with van der Waals surface area (Å²) in [5, 5.41) is 0. The van der Waals surface area contributed by atoms with Gasteiger partial charge in [0.2, 0.25) is 0 Å². The summed E-state index contributed by atoms with van der Waals surface area (Å²) in [5.74, 6) is 0.0666. The number of alkyl halides is 3. The topological polar surface area (TPSA) is 22.0 Å². The summed E-state index contributed by atoms with van der Waals surface area (Å²) in [6, 6.07) is 6.85. The Labute approximate surface area is 113 Å². The van der Waals surface area contributed by atoms with E-state index in [0.29, 0.717) is 24.1 Å². The number of hydrogen-bond acceptors (Lipinski definition) is 1. The molecule has 0 bridgehead atoms. The molecule has 0 atom stereocenters. The molecule has 1 aromatic carbocycles. The summed E-state index contributed by atoms with van der Waals surface area (Å²) >= 11 is 0. The molecule has 2 nitrogen and oxygen atoms in total. The lowest BCUT2D eigenvalue weighted by Gasteiger charge is -2.16. The van der Waals surface area contributed by atoms with Crippen molar-refractivity contribution in [1.29, 1.82) is 0 Å². The molecule has 2 aromatic rings. The summed E-state index contributed by atoms with van der Waals surface area (Å²) in [4.78, 5) is 11.8. The van der Waals surface area contributed by atoms with Crippen molar-refractivity contribution in [3.8, 4) is 5.69 Å². The summed E-state index contributed by atoms with van der Waals surface area (Å²) in [6.45, 7) is 0. The summed E-state index contributed by atoms with van der Waals surface area (Å²) in [6.07, 6.45) is -0.721. The molecule has 104 valence electrons. The molecule has 0 radical (unpaired) electrons. The Balaban J connectivity index is 2.08. The van der Waals surface area contributed by atoms with E-state index in [9.17, 15) is 18.0 Å². The fourth-order valence-electron chi connectivity index (χ4n) is 2.60. The second-order valence-electron chi connectivity index (χ2n) is 4.87. The van der Waals surface area contributed by atoms with Crippen molar-refractivity contribution in [2.75, 3.05) is 0 Å². The Morgan fingerprint density at radius 3 is 2.65 bits per heavy atom. The normalized spacial score (nSPS) is 15.2. The van der Waals surface area contributed by atoms with Crippen LogP contribution in [0.3, 0.4) is 0 Å². The third-order valence-electron chi connectivity index (χ3n) is 3.56. The van der Waals surface area contributed by atoms with Crippen LogP contribution in [0.25, 0.3) is 5.69 Å². The number of fused-ring (bicyclic) bond motifs is 1. The van der Waals surface area contributed by atoms with Gasteiger partial charge in [0.05, 0.1) is 5.56 Å². The third kappa shape index (κ3) is 2.13. The molecule has 0 aliphatic heterocycles. The van der Waals surface area contributed by atoms with Crippen molar-refractivity contribution >= 4 is 5.78 Å². The van der Waals surface area contributed by atoms with E-state index in [1.54, 1.807) is 22.9 Å². The van der Waals surface area contributed by atoms with Gasteiger partial charge in [-0.1, -0.05) is 6.07 Å². The first-order valence-corrected chi connectivity index (χ1v) is 6.38. The van der Waals surface area contributed by atoms with Gasteiger partial charge in [-0.15, -0.1) is 0 Å². The molecule has 0 saturated carbocycles. The van der Waals surface area contributed by atoms with E-state index in [0.717, 1.165) is 24.2 Å². The number of benzene rings is 1. The third-order valence-corrected chi connectivity index (χ3v) is 3.56. The highest BCUT2D eigenvalue weighted by atomic mass is 19.4. The van der Waals surface area contributed by atoms with Crippen LogP contribution in [0.5, 0.6) is 0 Å². The van der Waals surface area contributed by atoms with Gasteiger partial charge in [0.1, 0.15) is 0 Å². The van der Waals surface area contributed by atoms with E-state index in [1.807, 2.05) is 0 Å². The Morgan fingerprint density at radius 1 is 1.10 bits per heavy atom. The lowest BCUT2D eigenvalue weighted by Crippen LogP contribution is -2.13. The van der Waals surface area contributed by atoms with Gasteiger partial charge in [-0.3, -0.25) is 4.79 Å². The van der Waals surface area contributed by atoms with Gasteiger partial charge in [-0.2, -0.15) is 13.2 Å². The molecule has 1 aromatic heterocycles. The number of rotatable bonds is 1. The summed E-state index contributed by atoms with van der Waals surface area (Å²) in [7, 11) is 0. The van der Waals surface area contributed by atoms with Crippen LogP contribution in [-0.2, 0) is 12.6 Å². The number of Topliss-reactive ketones (excluding diaryl/α,β-unsaturated/α-hetero) is 1. The van der Waals surface area contributed by atoms with Gasteiger partial charge in [0.15, 0.2) is 5.78 Å². The Hall–Kier alpha value is -2.04. The van der Waals surface area contributed by atoms with Crippen molar-refractivity contribution in [1.82, 2.24) is 4.57 Å². The average molecular weight is 279 g/mol. The number of hydrogen-bond donors (Lipinski definition) is 0. The largest absolute Gasteiger partial charge is 0.416 e. The molecule has 3 rings (SSSR count). The molecule has 0 N–H and O–H groups in total. The van der Waals surface area contributed by atoms with Gasteiger partial charge in [-0.05, 0) is 37.1 Å². The lowest BCUT2D eigenvalue weighted by atomic mass is 9.96. The number of carbonyl (C=O) groups excluding carboxylic acids is 1. The van der Waals surface area contributed by atoms with Gasteiger partial charge in [-0.25, -0.2) is 0 Å². The summed E-state index contributed by atoms with van der Waals surface area (Å²) in [5.41, 5.74) is 1.20. The fraction of sp³-hybridized carbons (Fsp3) is 0.267. The van der Waals surface area contributed by atoms with E-state index in [2.05, 4.69) is 0 Å². The maximum atomic E-state index is 12.7. The highest BCUT2D eigenvalue weighted by Gasteiger charge is 2.31. The smallest absolute Gasteiger partial charge is 0.320 e. The SMILES string of the molecule is O=C1CCCc2c1ccn2-c1cccc(C(F)(F)F)c1. The number of halogens is 3. The highest BCUT2D eigenvalue weighted by Crippen LogP contribution is 2.31. The van der Waals surface area contributed by atoms with E-state index >= 15 is 0 Å². The molecule has 0 spiro atoms. The maximum absolute atomic E-state index is 12.7. The van der Waals surface area contributed by atoms with E-state index in [4.69, 9.17) is 0 Å². The molecule has 1 heterocycles.